The van der Waals surface area contributed by atoms with E-state index in [9.17, 15) is 0 Å². The van der Waals surface area contributed by atoms with Crippen LogP contribution in [0.3, 0.4) is 0 Å². The second-order valence-electron chi connectivity index (χ2n) is 2.45. The lowest BCUT2D eigenvalue weighted by Crippen LogP contribution is -1.98. The van der Waals surface area contributed by atoms with Gasteiger partial charge in [0.2, 0.25) is 0 Å². The lowest BCUT2D eigenvalue weighted by atomic mass is 10.5. The van der Waals surface area contributed by atoms with Crippen LogP contribution in [0.25, 0.3) is 0 Å². The Labute approximate surface area is 85.8 Å². The summed E-state index contributed by atoms with van der Waals surface area (Å²) < 4.78 is 5.56. The molecule has 0 spiro atoms. The van der Waals surface area contributed by atoms with Gasteiger partial charge in [0.05, 0.1) is 0 Å². The van der Waals surface area contributed by atoms with Crippen LogP contribution in [0.4, 0.5) is 0 Å². The second kappa shape index (κ2) is 11.4. The van der Waals surface area contributed by atoms with Crippen molar-refractivity contribution in [2.45, 2.75) is 13.8 Å². The Balaban J connectivity index is 3.26. The molecule has 13 heavy (non-hydrogen) atoms. The third-order valence-electron chi connectivity index (χ3n) is 1.31. The first-order chi connectivity index (χ1) is 6.41. The van der Waals surface area contributed by atoms with E-state index in [2.05, 4.69) is 23.6 Å². The van der Waals surface area contributed by atoms with Crippen molar-refractivity contribution in [1.82, 2.24) is 0 Å². The molecule has 0 amide bonds. The maximum Gasteiger partial charge on any atom is 0.171 e. The number of allylic oxidation sites excluding steroid dienone is 6. The van der Waals surface area contributed by atoms with Gasteiger partial charge < -0.3 is 4.12 Å². The van der Waals surface area contributed by atoms with Gasteiger partial charge in [-0.2, -0.15) is 0 Å². The van der Waals surface area contributed by atoms with E-state index < -0.39 is 0 Å². The van der Waals surface area contributed by atoms with E-state index in [0.29, 0.717) is 0 Å². The van der Waals surface area contributed by atoms with Crippen molar-refractivity contribution in [3.05, 3.63) is 47.9 Å². The van der Waals surface area contributed by atoms with Gasteiger partial charge in [-0.3, -0.25) is 0 Å². The summed E-state index contributed by atoms with van der Waals surface area (Å²) in [6.45, 7) is 4.03. The van der Waals surface area contributed by atoms with Crippen molar-refractivity contribution in [2.75, 3.05) is 0 Å². The molecule has 0 bridgehead atoms. The summed E-state index contributed by atoms with van der Waals surface area (Å²) in [5.41, 5.74) is 4.33. The molecule has 0 aromatic carbocycles. The molecule has 0 aliphatic carbocycles. The summed E-state index contributed by atoms with van der Waals surface area (Å²) in [6.07, 6.45) is 12.2. The molecule has 0 N–H and O–H groups in total. The monoisotopic (exact) mass is 210 g/mol. The van der Waals surface area contributed by atoms with Gasteiger partial charge in [0.15, 0.2) is 19.5 Å². The molecule has 0 aromatic heterocycles. The summed E-state index contributed by atoms with van der Waals surface area (Å²) >= 11 is 0. The molecule has 0 saturated carbocycles. The normalized spacial score (nSPS) is 14.9. The van der Waals surface area contributed by atoms with Crippen molar-refractivity contribution in [3.63, 3.8) is 0 Å². The van der Waals surface area contributed by atoms with E-state index in [0.717, 1.165) is 0 Å². The van der Waals surface area contributed by atoms with Crippen molar-refractivity contribution >= 4 is 19.5 Å². The summed E-state index contributed by atoms with van der Waals surface area (Å²) in [5.74, 6) is 0. The van der Waals surface area contributed by atoms with Gasteiger partial charge in [-0.1, -0.05) is 47.9 Å². The molecule has 0 aliphatic rings. The molecule has 1 nitrogen and oxygen atoms in total. The average Bonchev–Trinajstić information content (AvgIpc) is 2.16. The van der Waals surface area contributed by atoms with E-state index in [1.165, 1.54) is 0 Å². The standard InChI is InChI=1S/C10H18OSi2/c1-3-5-7-9-12-11-13-10-8-6-4-2/h3-10H,12-13H2,1-2H3. The highest BCUT2D eigenvalue weighted by atomic mass is 28.3. The van der Waals surface area contributed by atoms with Crippen LogP contribution in [0, 0.1) is 0 Å². The van der Waals surface area contributed by atoms with Crippen molar-refractivity contribution in [3.8, 4) is 0 Å². The fourth-order valence-corrected chi connectivity index (χ4v) is 2.86. The van der Waals surface area contributed by atoms with Crippen LogP contribution >= 0.6 is 0 Å². The molecule has 0 rings (SSSR count). The highest BCUT2D eigenvalue weighted by molar-refractivity contribution is 6.49. The Morgan fingerprint density at radius 1 is 0.769 bits per heavy atom. The minimum atomic E-state index is -0.389. The average molecular weight is 210 g/mol. The molecule has 0 fully saturated rings. The number of hydrogen-bond acceptors (Lipinski definition) is 1. The van der Waals surface area contributed by atoms with Gasteiger partial charge in [-0.25, -0.2) is 0 Å². The zero-order valence-corrected chi connectivity index (χ0v) is 11.3. The van der Waals surface area contributed by atoms with Crippen LogP contribution in [0.1, 0.15) is 13.8 Å². The van der Waals surface area contributed by atoms with E-state index in [-0.39, 0.29) is 19.5 Å². The molecule has 3 heteroatoms. The Kier molecular flexibility index (Phi) is 10.8. The summed E-state index contributed by atoms with van der Waals surface area (Å²) in [4.78, 5) is 0. The maximum absolute atomic E-state index is 5.56. The first-order valence-electron chi connectivity index (χ1n) is 4.55. The smallest absolute Gasteiger partial charge is 0.171 e. The number of hydrogen-bond donors (Lipinski definition) is 0. The quantitative estimate of drug-likeness (QED) is 0.365. The van der Waals surface area contributed by atoms with Crippen LogP contribution in [-0.2, 0) is 4.12 Å². The van der Waals surface area contributed by atoms with Crippen LogP contribution in [0.2, 0.25) is 0 Å². The molecule has 0 aromatic rings. The maximum atomic E-state index is 5.56. The molecule has 0 saturated heterocycles. The summed E-state index contributed by atoms with van der Waals surface area (Å²) in [7, 11) is -0.777. The van der Waals surface area contributed by atoms with Crippen LogP contribution in [-0.4, -0.2) is 19.5 Å². The third-order valence-corrected chi connectivity index (χ3v) is 4.12. The van der Waals surface area contributed by atoms with Gasteiger partial charge in [0.1, 0.15) is 0 Å². The van der Waals surface area contributed by atoms with Crippen LogP contribution < -0.4 is 0 Å². The Hall–Kier alpha value is -0.646. The first-order valence-corrected chi connectivity index (χ1v) is 7.34. The Bertz CT molecular complexity index is 183. The third kappa shape index (κ3) is 11.4. The molecule has 0 atom stereocenters. The number of rotatable bonds is 6. The summed E-state index contributed by atoms with van der Waals surface area (Å²) in [5, 5.41) is 0. The van der Waals surface area contributed by atoms with Gasteiger partial charge in [-0.15, -0.1) is 0 Å². The fourth-order valence-electron chi connectivity index (χ4n) is 0.695. The molecule has 0 aliphatic heterocycles. The minimum absolute atomic E-state index is 0.389. The Morgan fingerprint density at radius 2 is 1.23 bits per heavy atom. The highest BCUT2D eigenvalue weighted by Gasteiger charge is 1.78. The molecule has 0 radical (unpaired) electrons. The largest absolute Gasteiger partial charge is 0.459 e. The van der Waals surface area contributed by atoms with Crippen molar-refractivity contribution in [1.29, 1.82) is 0 Å². The lowest BCUT2D eigenvalue weighted by molar-refractivity contribution is 0.661. The van der Waals surface area contributed by atoms with Crippen molar-refractivity contribution < 1.29 is 4.12 Å². The van der Waals surface area contributed by atoms with E-state index in [4.69, 9.17) is 4.12 Å². The van der Waals surface area contributed by atoms with Crippen molar-refractivity contribution in [2.24, 2.45) is 0 Å². The fraction of sp³-hybridized carbons (Fsp3) is 0.200. The second-order valence-corrected chi connectivity index (χ2v) is 5.69. The highest BCUT2D eigenvalue weighted by Crippen LogP contribution is 1.78. The van der Waals surface area contributed by atoms with Gasteiger partial charge in [0, 0.05) is 0 Å². The molecular formula is C10H18OSi2. The molecule has 72 valence electrons. The predicted molar refractivity (Wildman–Crippen MR) is 66.1 cm³/mol. The van der Waals surface area contributed by atoms with Gasteiger partial charge >= 0.3 is 0 Å². The van der Waals surface area contributed by atoms with E-state index in [1.807, 2.05) is 38.2 Å². The minimum Gasteiger partial charge on any atom is -0.459 e. The molecular weight excluding hydrogens is 192 g/mol. The lowest BCUT2D eigenvalue weighted by Gasteiger charge is -1.91. The molecule has 0 unspecified atom stereocenters. The van der Waals surface area contributed by atoms with Crippen LogP contribution in [0.5, 0.6) is 0 Å². The molecule has 0 heterocycles. The SMILES string of the molecule is CC=CC=C[SiH2]O[SiH2]C=CC=CC. The zero-order valence-electron chi connectivity index (χ0n) is 8.44. The van der Waals surface area contributed by atoms with Gasteiger partial charge in [-0.05, 0) is 13.8 Å². The predicted octanol–water partition coefficient (Wildman–Crippen LogP) is 1.35. The zero-order chi connectivity index (χ0) is 9.78. The Morgan fingerprint density at radius 3 is 1.62 bits per heavy atom. The first kappa shape index (κ1) is 12.4. The topological polar surface area (TPSA) is 9.23 Å². The van der Waals surface area contributed by atoms with E-state index in [1.54, 1.807) is 0 Å². The van der Waals surface area contributed by atoms with Gasteiger partial charge in [0.25, 0.3) is 0 Å². The van der Waals surface area contributed by atoms with Crippen LogP contribution in [0.15, 0.2) is 47.9 Å². The summed E-state index contributed by atoms with van der Waals surface area (Å²) in [6, 6.07) is 0. The van der Waals surface area contributed by atoms with E-state index >= 15 is 0 Å².